The van der Waals surface area contributed by atoms with Gasteiger partial charge in [0.05, 0.1) is 23.0 Å². The lowest BCUT2D eigenvalue weighted by molar-refractivity contribution is 0.612. The number of hydrogen-bond donors (Lipinski definition) is 1. The Balaban J connectivity index is 1.75. The van der Waals surface area contributed by atoms with Crippen LogP contribution in [-0.2, 0) is 6.54 Å². The van der Waals surface area contributed by atoms with Crippen LogP contribution in [0.3, 0.4) is 0 Å². The van der Waals surface area contributed by atoms with Crippen molar-refractivity contribution < 1.29 is 4.39 Å². The molecule has 0 saturated carbocycles. The molecule has 1 aliphatic heterocycles. The molecule has 1 heterocycles. The highest BCUT2D eigenvalue weighted by atomic mass is 19.1. The van der Waals surface area contributed by atoms with Gasteiger partial charge in [0.15, 0.2) is 0 Å². The van der Waals surface area contributed by atoms with Crippen LogP contribution >= 0.6 is 0 Å². The number of benzene rings is 2. The monoisotopic (exact) mass is 323 g/mol. The summed E-state index contributed by atoms with van der Waals surface area (Å²) in [6, 6.07) is 14.8. The fourth-order valence-electron chi connectivity index (χ4n) is 3.16. The lowest BCUT2D eigenvalue weighted by atomic mass is 10.1. The van der Waals surface area contributed by atoms with Crippen LogP contribution in [-0.4, -0.2) is 13.1 Å². The first kappa shape index (κ1) is 16.3. The van der Waals surface area contributed by atoms with E-state index in [9.17, 15) is 4.39 Å². The smallest absolute Gasteiger partial charge is 0.129 e. The number of nitrogens with one attached hydrogen (secondary N) is 1. The van der Waals surface area contributed by atoms with Crippen LogP contribution in [0.15, 0.2) is 42.5 Å². The summed E-state index contributed by atoms with van der Waals surface area (Å²) >= 11 is 0. The molecule has 0 spiro atoms. The number of nitriles is 1. The fourth-order valence-corrected chi connectivity index (χ4v) is 3.16. The van der Waals surface area contributed by atoms with Crippen LogP contribution in [0.4, 0.5) is 15.8 Å². The number of para-hydroxylation sites is 2. The van der Waals surface area contributed by atoms with Crippen LogP contribution in [0, 0.1) is 17.1 Å². The molecule has 1 fully saturated rings. The van der Waals surface area contributed by atoms with Gasteiger partial charge < -0.3 is 10.2 Å². The third kappa shape index (κ3) is 3.86. The Labute approximate surface area is 142 Å². The Bertz CT molecular complexity index is 728. The Morgan fingerprint density at radius 2 is 1.79 bits per heavy atom. The molecule has 3 nitrogen and oxygen atoms in total. The lowest BCUT2D eigenvalue weighted by Crippen LogP contribution is -2.24. The van der Waals surface area contributed by atoms with Crippen molar-refractivity contribution in [2.75, 3.05) is 23.3 Å². The average molecular weight is 323 g/mol. The van der Waals surface area contributed by atoms with Gasteiger partial charge in [-0.05, 0) is 37.1 Å². The Morgan fingerprint density at radius 3 is 2.50 bits per heavy atom. The van der Waals surface area contributed by atoms with Crippen LogP contribution in [0.5, 0.6) is 0 Å². The Hall–Kier alpha value is -2.54. The molecular weight excluding hydrogens is 301 g/mol. The van der Waals surface area contributed by atoms with Crippen LogP contribution in [0.25, 0.3) is 0 Å². The molecule has 0 atom stereocenters. The number of nitrogens with zero attached hydrogens (tertiary/aromatic N) is 2. The highest BCUT2D eigenvalue weighted by Crippen LogP contribution is 2.28. The summed E-state index contributed by atoms with van der Waals surface area (Å²) in [5, 5.41) is 12.2. The number of hydrogen-bond acceptors (Lipinski definition) is 3. The first-order chi connectivity index (χ1) is 11.8. The van der Waals surface area contributed by atoms with Gasteiger partial charge in [0.25, 0.3) is 0 Å². The molecular formula is C20H22FN3. The minimum Gasteiger partial charge on any atom is -0.379 e. The molecule has 4 heteroatoms. The van der Waals surface area contributed by atoms with E-state index in [1.807, 2.05) is 24.3 Å². The van der Waals surface area contributed by atoms with Gasteiger partial charge in [0.1, 0.15) is 5.82 Å². The number of rotatable bonds is 4. The largest absolute Gasteiger partial charge is 0.379 e. The molecule has 0 aromatic heterocycles. The zero-order chi connectivity index (χ0) is 16.8. The van der Waals surface area contributed by atoms with E-state index < -0.39 is 0 Å². The minimum absolute atomic E-state index is 0.339. The van der Waals surface area contributed by atoms with Crippen molar-refractivity contribution in [3.8, 4) is 6.07 Å². The summed E-state index contributed by atoms with van der Waals surface area (Å²) in [5.41, 5.74) is 3.14. The van der Waals surface area contributed by atoms with E-state index in [2.05, 4.69) is 16.3 Å². The molecule has 0 bridgehead atoms. The predicted octanol–water partition coefficient (Wildman–Crippen LogP) is 4.69. The summed E-state index contributed by atoms with van der Waals surface area (Å²) in [7, 11) is 0. The molecule has 0 aliphatic carbocycles. The maximum atomic E-state index is 14.0. The molecule has 0 unspecified atom stereocenters. The number of anilines is 2. The van der Waals surface area contributed by atoms with E-state index >= 15 is 0 Å². The van der Waals surface area contributed by atoms with Crippen molar-refractivity contribution in [3.05, 3.63) is 59.4 Å². The van der Waals surface area contributed by atoms with Gasteiger partial charge in [-0.1, -0.05) is 31.0 Å². The van der Waals surface area contributed by atoms with Crippen molar-refractivity contribution >= 4 is 11.4 Å². The third-order valence-electron chi connectivity index (χ3n) is 4.50. The van der Waals surface area contributed by atoms with Gasteiger partial charge in [0.2, 0.25) is 0 Å². The first-order valence-electron chi connectivity index (χ1n) is 8.54. The van der Waals surface area contributed by atoms with Crippen molar-refractivity contribution in [3.63, 3.8) is 0 Å². The van der Waals surface area contributed by atoms with Crippen molar-refractivity contribution in [2.24, 2.45) is 0 Å². The molecule has 24 heavy (non-hydrogen) atoms. The summed E-state index contributed by atoms with van der Waals surface area (Å²) < 4.78 is 14.0. The van der Waals surface area contributed by atoms with Gasteiger partial charge in [-0.15, -0.1) is 0 Å². The van der Waals surface area contributed by atoms with E-state index in [4.69, 9.17) is 5.26 Å². The molecule has 1 N–H and O–H groups in total. The molecule has 1 aliphatic rings. The summed E-state index contributed by atoms with van der Waals surface area (Å²) in [5.74, 6) is -0.339. The normalized spacial score (nSPS) is 14.8. The van der Waals surface area contributed by atoms with E-state index in [1.54, 1.807) is 12.1 Å². The maximum absolute atomic E-state index is 14.0. The molecule has 0 radical (unpaired) electrons. The minimum atomic E-state index is -0.339. The first-order valence-corrected chi connectivity index (χ1v) is 8.54. The zero-order valence-corrected chi connectivity index (χ0v) is 13.8. The average Bonchev–Trinajstić information content (AvgIpc) is 2.90. The van der Waals surface area contributed by atoms with E-state index in [1.165, 1.54) is 37.4 Å². The van der Waals surface area contributed by atoms with Crippen molar-refractivity contribution in [1.29, 1.82) is 5.26 Å². The zero-order valence-electron chi connectivity index (χ0n) is 13.8. The molecule has 124 valence electrons. The Kier molecular flexibility index (Phi) is 5.32. The van der Waals surface area contributed by atoms with E-state index in [0.29, 0.717) is 17.7 Å². The topological polar surface area (TPSA) is 39.1 Å². The van der Waals surface area contributed by atoms with Gasteiger partial charge in [-0.3, -0.25) is 0 Å². The number of halogens is 1. The van der Waals surface area contributed by atoms with Gasteiger partial charge in [-0.25, -0.2) is 4.39 Å². The second-order valence-electron chi connectivity index (χ2n) is 6.19. The lowest BCUT2D eigenvalue weighted by Gasteiger charge is -2.25. The van der Waals surface area contributed by atoms with Crippen LogP contribution in [0.2, 0.25) is 0 Å². The van der Waals surface area contributed by atoms with Crippen molar-refractivity contribution in [2.45, 2.75) is 32.2 Å². The molecule has 2 aromatic rings. The predicted molar refractivity (Wildman–Crippen MR) is 95.6 cm³/mol. The highest BCUT2D eigenvalue weighted by Gasteiger charge is 2.13. The van der Waals surface area contributed by atoms with Gasteiger partial charge in [-0.2, -0.15) is 5.26 Å². The van der Waals surface area contributed by atoms with Gasteiger partial charge in [0, 0.05) is 25.2 Å². The van der Waals surface area contributed by atoms with E-state index in [-0.39, 0.29) is 5.82 Å². The SMILES string of the molecule is N#Cc1ccc(CNc2ccccc2N2CCCCCC2)c(F)c1. The van der Waals surface area contributed by atoms with Crippen LogP contribution < -0.4 is 10.2 Å². The summed E-state index contributed by atoms with van der Waals surface area (Å²) in [6.45, 7) is 2.55. The summed E-state index contributed by atoms with van der Waals surface area (Å²) in [4.78, 5) is 2.42. The Morgan fingerprint density at radius 1 is 1.04 bits per heavy atom. The van der Waals surface area contributed by atoms with Crippen molar-refractivity contribution in [1.82, 2.24) is 0 Å². The summed E-state index contributed by atoms with van der Waals surface area (Å²) in [6.07, 6.45) is 5.03. The second kappa shape index (κ2) is 7.83. The van der Waals surface area contributed by atoms with Crippen LogP contribution in [0.1, 0.15) is 36.8 Å². The van der Waals surface area contributed by atoms with Gasteiger partial charge >= 0.3 is 0 Å². The molecule has 3 rings (SSSR count). The third-order valence-corrected chi connectivity index (χ3v) is 4.50. The second-order valence-corrected chi connectivity index (χ2v) is 6.19. The standard InChI is InChI=1S/C20H22FN3/c21-18-13-16(14-22)9-10-17(18)15-23-19-7-3-4-8-20(19)24-11-5-1-2-6-12-24/h3-4,7-10,13,23H,1-2,5-6,11-12,15H2. The van der Waals surface area contributed by atoms with E-state index in [0.717, 1.165) is 18.8 Å². The molecule has 0 amide bonds. The maximum Gasteiger partial charge on any atom is 0.129 e. The molecule has 1 saturated heterocycles. The highest BCUT2D eigenvalue weighted by molar-refractivity contribution is 5.70. The quantitative estimate of drug-likeness (QED) is 0.887. The fraction of sp³-hybridized carbons (Fsp3) is 0.350. The molecule has 2 aromatic carbocycles.